The lowest BCUT2D eigenvalue weighted by Crippen LogP contribution is -2.49. The number of hydrogen-bond donors (Lipinski definition) is 0. The van der Waals surface area contributed by atoms with E-state index in [0.717, 1.165) is 6.07 Å². The summed E-state index contributed by atoms with van der Waals surface area (Å²) in [5, 5.41) is 8.60. The van der Waals surface area contributed by atoms with Crippen LogP contribution in [0.4, 0.5) is 27.6 Å². The van der Waals surface area contributed by atoms with Crippen molar-refractivity contribution in [3.8, 4) is 6.07 Å². The maximum absolute atomic E-state index is 13.8. The average Bonchev–Trinajstić information content (AvgIpc) is 2.41. The second-order valence-corrected chi connectivity index (χ2v) is 4.75. The largest absolute Gasteiger partial charge is 0.401 e. The summed E-state index contributed by atoms with van der Waals surface area (Å²) >= 11 is 0. The fourth-order valence-electron chi connectivity index (χ4n) is 2.27. The molecule has 21 heavy (non-hydrogen) atoms. The summed E-state index contributed by atoms with van der Waals surface area (Å²) in [4.78, 5) is 2.70. The third-order valence-corrected chi connectivity index (χ3v) is 3.30. The second kappa shape index (κ2) is 5.85. The molecule has 1 aromatic carbocycles. The van der Waals surface area contributed by atoms with Crippen LogP contribution in [-0.4, -0.2) is 43.8 Å². The first kappa shape index (κ1) is 15.5. The van der Waals surface area contributed by atoms with Gasteiger partial charge in [-0.05, 0) is 12.1 Å². The highest BCUT2D eigenvalue weighted by Crippen LogP contribution is 2.25. The summed E-state index contributed by atoms with van der Waals surface area (Å²) in [6, 6.07) is 3.97. The molecule has 0 radical (unpaired) electrons. The van der Waals surface area contributed by atoms with Gasteiger partial charge in [-0.25, -0.2) is 8.78 Å². The number of hydrogen-bond acceptors (Lipinski definition) is 3. The zero-order valence-electron chi connectivity index (χ0n) is 10.9. The quantitative estimate of drug-likeness (QED) is 0.787. The Balaban J connectivity index is 2.06. The molecule has 8 heteroatoms. The van der Waals surface area contributed by atoms with Gasteiger partial charge >= 0.3 is 6.18 Å². The number of rotatable bonds is 2. The first-order chi connectivity index (χ1) is 9.81. The third-order valence-electron chi connectivity index (χ3n) is 3.30. The summed E-state index contributed by atoms with van der Waals surface area (Å²) in [6.45, 7) is -0.455. The summed E-state index contributed by atoms with van der Waals surface area (Å²) in [7, 11) is 0. The van der Waals surface area contributed by atoms with E-state index >= 15 is 0 Å². The van der Waals surface area contributed by atoms with Crippen molar-refractivity contribution in [2.24, 2.45) is 0 Å². The number of halogens is 5. The predicted octanol–water partition coefficient (Wildman–Crippen LogP) is 2.52. The smallest absolute Gasteiger partial charge is 0.367 e. The van der Waals surface area contributed by atoms with Gasteiger partial charge in [-0.1, -0.05) is 0 Å². The van der Waals surface area contributed by atoms with E-state index in [4.69, 9.17) is 5.26 Å². The number of alkyl halides is 3. The summed E-state index contributed by atoms with van der Waals surface area (Å²) in [6.07, 6.45) is -4.27. The van der Waals surface area contributed by atoms with Crippen molar-refractivity contribution in [1.82, 2.24) is 4.90 Å². The molecular formula is C13H12F5N3. The van der Waals surface area contributed by atoms with Crippen molar-refractivity contribution in [2.45, 2.75) is 6.18 Å². The Morgan fingerprint density at radius 1 is 1.05 bits per heavy atom. The van der Waals surface area contributed by atoms with E-state index in [2.05, 4.69) is 0 Å². The molecule has 1 aliphatic heterocycles. The standard InChI is InChI=1S/C13H12F5N3/c14-11-9(7-19)1-2-10(12(11)15)21-5-3-20(4-6-21)8-13(16,17)18/h1-2H,3-6,8H2. The van der Waals surface area contributed by atoms with Crippen LogP contribution in [0.5, 0.6) is 0 Å². The third kappa shape index (κ3) is 3.61. The van der Waals surface area contributed by atoms with E-state index in [1.165, 1.54) is 21.9 Å². The zero-order chi connectivity index (χ0) is 15.6. The minimum Gasteiger partial charge on any atom is -0.367 e. The van der Waals surface area contributed by atoms with E-state index in [1.54, 1.807) is 0 Å². The van der Waals surface area contributed by atoms with Gasteiger partial charge in [0.1, 0.15) is 6.07 Å². The van der Waals surface area contributed by atoms with Gasteiger partial charge in [0.2, 0.25) is 0 Å². The highest BCUT2D eigenvalue weighted by molar-refractivity contribution is 5.52. The van der Waals surface area contributed by atoms with Crippen LogP contribution in [0.3, 0.4) is 0 Å². The average molecular weight is 305 g/mol. The summed E-state index contributed by atoms with van der Waals surface area (Å²) in [5.41, 5.74) is -0.426. The van der Waals surface area contributed by atoms with Crippen LogP contribution >= 0.6 is 0 Å². The van der Waals surface area contributed by atoms with Crippen LogP contribution in [0.25, 0.3) is 0 Å². The summed E-state index contributed by atoms with van der Waals surface area (Å²) < 4.78 is 64.2. The van der Waals surface area contributed by atoms with E-state index in [0.29, 0.717) is 0 Å². The molecule has 1 fully saturated rings. The fraction of sp³-hybridized carbons (Fsp3) is 0.462. The van der Waals surface area contributed by atoms with E-state index in [-0.39, 0.29) is 31.9 Å². The fourth-order valence-corrected chi connectivity index (χ4v) is 2.27. The van der Waals surface area contributed by atoms with E-state index in [9.17, 15) is 22.0 Å². The molecule has 0 atom stereocenters. The van der Waals surface area contributed by atoms with E-state index in [1.807, 2.05) is 0 Å². The monoisotopic (exact) mass is 305 g/mol. The maximum atomic E-state index is 13.8. The Kier molecular flexibility index (Phi) is 4.32. The van der Waals surface area contributed by atoms with Gasteiger partial charge in [0, 0.05) is 26.2 Å². The number of anilines is 1. The minimum atomic E-state index is -4.27. The second-order valence-electron chi connectivity index (χ2n) is 4.75. The van der Waals surface area contributed by atoms with Crippen LogP contribution in [-0.2, 0) is 0 Å². The first-order valence-electron chi connectivity index (χ1n) is 6.24. The van der Waals surface area contributed by atoms with Crippen LogP contribution in [0.15, 0.2) is 12.1 Å². The lowest BCUT2D eigenvalue weighted by atomic mass is 10.1. The molecule has 3 nitrogen and oxygen atoms in total. The molecular weight excluding hydrogens is 293 g/mol. The molecule has 0 unspecified atom stereocenters. The highest BCUT2D eigenvalue weighted by Gasteiger charge is 2.32. The molecule has 114 valence electrons. The van der Waals surface area contributed by atoms with Gasteiger partial charge in [-0.15, -0.1) is 0 Å². The van der Waals surface area contributed by atoms with Gasteiger partial charge in [-0.3, -0.25) is 4.90 Å². The van der Waals surface area contributed by atoms with Gasteiger partial charge in [0.05, 0.1) is 17.8 Å². The number of piperazine rings is 1. The molecule has 1 heterocycles. The first-order valence-corrected chi connectivity index (χ1v) is 6.24. The summed E-state index contributed by atoms with van der Waals surface area (Å²) in [5.74, 6) is -2.37. The molecule has 0 aromatic heterocycles. The Morgan fingerprint density at radius 2 is 1.67 bits per heavy atom. The zero-order valence-corrected chi connectivity index (χ0v) is 10.9. The van der Waals surface area contributed by atoms with Gasteiger partial charge in [0.25, 0.3) is 0 Å². The minimum absolute atomic E-state index is 0.0295. The molecule has 0 aliphatic carbocycles. The van der Waals surface area contributed by atoms with Crippen molar-refractivity contribution in [3.05, 3.63) is 29.3 Å². The predicted molar refractivity (Wildman–Crippen MR) is 65.8 cm³/mol. The molecule has 0 spiro atoms. The molecule has 0 bridgehead atoms. The van der Waals surface area contributed by atoms with Crippen LogP contribution in [0, 0.1) is 23.0 Å². The maximum Gasteiger partial charge on any atom is 0.401 e. The molecule has 1 aliphatic rings. The Hall–Kier alpha value is -1.88. The van der Waals surface area contributed by atoms with Gasteiger partial charge in [-0.2, -0.15) is 18.4 Å². The Labute approximate surface area is 118 Å². The lowest BCUT2D eigenvalue weighted by Gasteiger charge is -2.36. The highest BCUT2D eigenvalue weighted by atomic mass is 19.4. The molecule has 0 amide bonds. The molecule has 2 rings (SSSR count). The van der Waals surface area contributed by atoms with Crippen molar-refractivity contribution >= 4 is 5.69 Å². The van der Waals surface area contributed by atoms with Crippen LogP contribution in [0.2, 0.25) is 0 Å². The van der Waals surface area contributed by atoms with Crippen molar-refractivity contribution in [3.63, 3.8) is 0 Å². The number of benzene rings is 1. The van der Waals surface area contributed by atoms with Crippen molar-refractivity contribution < 1.29 is 22.0 Å². The molecule has 1 aromatic rings. The van der Waals surface area contributed by atoms with Gasteiger partial charge in [0.15, 0.2) is 11.6 Å². The molecule has 1 saturated heterocycles. The van der Waals surface area contributed by atoms with Crippen molar-refractivity contribution in [2.75, 3.05) is 37.6 Å². The number of nitriles is 1. The Morgan fingerprint density at radius 3 is 2.19 bits per heavy atom. The number of nitrogens with zero attached hydrogens (tertiary/aromatic N) is 3. The molecule has 0 saturated carbocycles. The Bertz CT molecular complexity index is 556. The molecule has 0 N–H and O–H groups in total. The van der Waals surface area contributed by atoms with Crippen LogP contribution in [0.1, 0.15) is 5.56 Å². The lowest BCUT2D eigenvalue weighted by molar-refractivity contribution is -0.146. The van der Waals surface area contributed by atoms with Crippen molar-refractivity contribution in [1.29, 1.82) is 5.26 Å². The van der Waals surface area contributed by atoms with E-state index < -0.39 is 29.9 Å². The van der Waals surface area contributed by atoms with Gasteiger partial charge < -0.3 is 4.90 Å². The topological polar surface area (TPSA) is 30.3 Å². The SMILES string of the molecule is N#Cc1ccc(N2CCN(CC(F)(F)F)CC2)c(F)c1F. The van der Waals surface area contributed by atoms with Crippen LogP contribution < -0.4 is 4.90 Å². The normalized spacial score (nSPS) is 16.9.